The lowest BCUT2D eigenvalue weighted by Gasteiger charge is -2.16. The van der Waals surface area contributed by atoms with Gasteiger partial charge in [0.2, 0.25) is 0 Å². The monoisotopic (exact) mass is 288 g/mol. The molecule has 0 bridgehead atoms. The lowest BCUT2D eigenvalue weighted by molar-refractivity contribution is 0.278. The van der Waals surface area contributed by atoms with E-state index in [2.05, 4.69) is 10.3 Å². The van der Waals surface area contributed by atoms with E-state index in [-0.39, 0.29) is 30.7 Å². The van der Waals surface area contributed by atoms with Crippen LogP contribution in [-0.4, -0.2) is 41.7 Å². The first-order valence-corrected chi connectivity index (χ1v) is 7.99. The molecule has 0 saturated carbocycles. The second-order valence-corrected chi connectivity index (χ2v) is 6.91. The Bertz CT molecular complexity index is 543. The molecular weight excluding hydrogens is 268 g/mol. The summed E-state index contributed by atoms with van der Waals surface area (Å²) in [7, 11) is -3.05. The minimum absolute atomic E-state index is 0.0201. The molecule has 1 aromatic heterocycles. The molecule has 0 spiro atoms. The van der Waals surface area contributed by atoms with Crippen LogP contribution in [0.15, 0.2) is 6.20 Å². The predicted molar refractivity (Wildman–Crippen MR) is 72.6 cm³/mol. The van der Waals surface area contributed by atoms with Crippen molar-refractivity contribution in [1.82, 2.24) is 10.3 Å². The Morgan fingerprint density at radius 2 is 2.11 bits per heavy atom. The SMILES string of the molecule is Cc1ncc(CO)c(CNC(C)CS(C)(=O)=O)c1O. The molecular formula is C12H20N2O4S. The van der Waals surface area contributed by atoms with Crippen molar-refractivity contribution < 1.29 is 18.6 Å². The molecule has 0 radical (unpaired) electrons. The van der Waals surface area contributed by atoms with Crippen LogP contribution in [-0.2, 0) is 23.0 Å². The van der Waals surface area contributed by atoms with Gasteiger partial charge in [-0.3, -0.25) is 4.98 Å². The smallest absolute Gasteiger partial charge is 0.148 e. The molecule has 3 N–H and O–H groups in total. The van der Waals surface area contributed by atoms with Gasteiger partial charge in [-0.05, 0) is 13.8 Å². The summed E-state index contributed by atoms with van der Waals surface area (Å²) in [5.74, 6) is 0.0531. The number of aliphatic hydroxyl groups is 1. The molecule has 1 atom stereocenters. The molecule has 0 saturated heterocycles. The van der Waals surface area contributed by atoms with E-state index in [1.54, 1.807) is 13.8 Å². The Morgan fingerprint density at radius 3 is 2.63 bits per heavy atom. The van der Waals surface area contributed by atoms with Crippen molar-refractivity contribution in [2.45, 2.75) is 33.0 Å². The Morgan fingerprint density at radius 1 is 1.47 bits per heavy atom. The number of aliphatic hydroxyl groups excluding tert-OH is 1. The lowest BCUT2D eigenvalue weighted by atomic mass is 10.1. The Kier molecular flexibility index (Phi) is 5.28. The number of aromatic hydroxyl groups is 1. The molecule has 1 heterocycles. The second kappa shape index (κ2) is 6.31. The minimum atomic E-state index is -3.05. The topological polar surface area (TPSA) is 99.5 Å². The van der Waals surface area contributed by atoms with Gasteiger partial charge in [-0.2, -0.15) is 0 Å². The maximum Gasteiger partial charge on any atom is 0.148 e. The maximum atomic E-state index is 11.2. The molecule has 19 heavy (non-hydrogen) atoms. The number of sulfone groups is 1. The van der Waals surface area contributed by atoms with Crippen molar-refractivity contribution in [2.24, 2.45) is 0 Å². The van der Waals surface area contributed by atoms with Crippen LogP contribution >= 0.6 is 0 Å². The first kappa shape index (κ1) is 15.9. The molecule has 7 heteroatoms. The average Bonchev–Trinajstić information content (AvgIpc) is 2.28. The molecule has 0 aliphatic rings. The molecule has 0 fully saturated rings. The first-order chi connectivity index (χ1) is 8.74. The van der Waals surface area contributed by atoms with Crippen LogP contribution in [0, 0.1) is 6.92 Å². The van der Waals surface area contributed by atoms with Gasteiger partial charge in [0.15, 0.2) is 0 Å². The Balaban J connectivity index is 2.80. The summed E-state index contributed by atoms with van der Waals surface area (Å²) < 4.78 is 22.3. The lowest BCUT2D eigenvalue weighted by Crippen LogP contribution is -2.32. The molecule has 6 nitrogen and oxygen atoms in total. The number of hydrogen-bond acceptors (Lipinski definition) is 6. The van der Waals surface area contributed by atoms with Crippen LogP contribution in [0.3, 0.4) is 0 Å². The highest BCUT2D eigenvalue weighted by Crippen LogP contribution is 2.23. The second-order valence-electron chi connectivity index (χ2n) is 4.73. The quantitative estimate of drug-likeness (QED) is 0.687. The van der Waals surface area contributed by atoms with Gasteiger partial charge in [0.05, 0.1) is 18.1 Å². The third-order valence-corrected chi connectivity index (χ3v) is 3.89. The van der Waals surface area contributed by atoms with E-state index >= 15 is 0 Å². The Labute approximate surface area is 113 Å². The highest BCUT2D eigenvalue weighted by atomic mass is 32.2. The van der Waals surface area contributed by atoms with E-state index < -0.39 is 9.84 Å². The highest BCUT2D eigenvalue weighted by molar-refractivity contribution is 7.90. The van der Waals surface area contributed by atoms with E-state index in [4.69, 9.17) is 0 Å². The first-order valence-electron chi connectivity index (χ1n) is 5.93. The van der Waals surface area contributed by atoms with Crippen LogP contribution in [0.4, 0.5) is 0 Å². The zero-order valence-corrected chi connectivity index (χ0v) is 12.2. The van der Waals surface area contributed by atoms with Crippen molar-refractivity contribution in [3.8, 4) is 5.75 Å². The van der Waals surface area contributed by atoms with E-state index in [0.29, 0.717) is 16.8 Å². The zero-order chi connectivity index (χ0) is 14.6. The number of aromatic nitrogens is 1. The molecule has 0 aliphatic carbocycles. The summed E-state index contributed by atoms with van der Waals surface area (Å²) in [6.07, 6.45) is 2.69. The van der Waals surface area contributed by atoms with Crippen LogP contribution in [0.1, 0.15) is 23.7 Å². The van der Waals surface area contributed by atoms with Crippen molar-refractivity contribution >= 4 is 9.84 Å². The molecule has 1 aromatic rings. The fourth-order valence-electron chi connectivity index (χ4n) is 1.81. The fourth-order valence-corrected chi connectivity index (χ4v) is 2.83. The summed E-state index contributed by atoms with van der Waals surface area (Å²) in [5.41, 5.74) is 1.56. The normalized spacial score (nSPS) is 13.5. The van der Waals surface area contributed by atoms with Gasteiger partial charge in [0.1, 0.15) is 15.6 Å². The van der Waals surface area contributed by atoms with E-state index in [0.717, 1.165) is 0 Å². The van der Waals surface area contributed by atoms with E-state index in [9.17, 15) is 18.6 Å². The number of hydrogen-bond donors (Lipinski definition) is 3. The summed E-state index contributed by atoms with van der Waals surface area (Å²) in [5, 5.41) is 22.2. The van der Waals surface area contributed by atoms with Crippen molar-refractivity contribution in [3.63, 3.8) is 0 Å². The fraction of sp³-hybridized carbons (Fsp3) is 0.583. The largest absolute Gasteiger partial charge is 0.506 e. The van der Waals surface area contributed by atoms with Crippen LogP contribution in [0.5, 0.6) is 5.75 Å². The van der Waals surface area contributed by atoms with Gasteiger partial charge in [-0.1, -0.05) is 0 Å². The van der Waals surface area contributed by atoms with Gasteiger partial charge in [-0.25, -0.2) is 8.42 Å². The minimum Gasteiger partial charge on any atom is -0.506 e. The molecule has 1 unspecified atom stereocenters. The van der Waals surface area contributed by atoms with Crippen molar-refractivity contribution in [2.75, 3.05) is 12.0 Å². The molecule has 0 aromatic carbocycles. The number of nitrogens with one attached hydrogen (secondary N) is 1. The summed E-state index contributed by atoms with van der Waals surface area (Å²) in [4.78, 5) is 3.96. The third-order valence-electron chi connectivity index (χ3n) is 2.78. The number of pyridine rings is 1. The summed E-state index contributed by atoms with van der Waals surface area (Å²) in [6.45, 7) is 3.48. The molecule has 1 rings (SSSR count). The number of aryl methyl sites for hydroxylation is 1. The third kappa shape index (κ3) is 4.77. The van der Waals surface area contributed by atoms with Gasteiger partial charge in [0, 0.05) is 36.2 Å². The van der Waals surface area contributed by atoms with Crippen LogP contribution in [0.2, 0.25) is 0 Å². The molecule has 108 valence electrons. The standard InChI is InChI=1S/C12H20N2O4S/c1-8(7-19(3,17)18)13-5-11-10(6-15)4-14-9(2)12(11)16/h4,8,13,15-16H,5-7H2,1-3H3. The average molecular weight is 288 g/mol. The van der Waals surface area contributed by atoms with Crippen LogP contribution < -0.4 is 5.32 Å². The van der Waals surface area contributed by atoms with E-state index in [1.807, 2.05) is 0 Å². The van der Waals surface area contributed by atoms with E-state index in [1.165, 1.54) is 12.5 Å². The van der Waals surface area contributed by atoms with Gasteiger partial charge < -0.3 is 15.5 Å². The maximum absolute atomic E-state index is 11.2. The Hall–Kier alpha value is -1.18. The highest BCUT2D eigenvalue weighted by Gasteiger charge is 2.14. The summed E-state index contributed by atoms with van der Waals surface area (Å²) >= 11 is 0. The van der Waals surface area contributed by atoms with Gasteiger partial charge in [0.25, 0.3) is 0 Å². The van der Waals surface area contributed by atoms with Gasteiger partial charge in [-0.15, -0.1) is 0 Å². The molecule has 0 amide bonds. The number of rotatable bonds is 6. The predicted octanol–water partition coefficient (Wildman–Crippen LogP) is 0.111. The van der Waals surface area contributed by atoms with Gasteiger partial charge >= 0.3 is 0 Å². The van der Waals surface area contributed by atoms with Crippen LogP contribution in [0.25, 0.3) is 0 Å². The molecule has 0 aliphatic heterocycles. The zero-order valence-electron chi connectivity index (χ0n) is 11.3. The number of nitrogens with zero attached hydrogens (tertiary/aromatic N) is 1. The van der Waals surface area contributed by atoms with Crippen molar-refractivity contribution in [1.29, 1.82) is 0 Å². The van der Waals surface area contributed by atoms with Crippen molar-refractivity contribution in [3.05, 3.63) is 23.0 Å². The summed E-state index contributed by atoms with van der Waals surface area (Å²) in [6, 6.07) is -0.241.